The van der Waals surface area contributed by atoms with Crippen molar-refractivity contribution in [2.75, 3.05) is 0 Å². The molecule has 0 aromatic heterocycles. The lowest BCUT2D eigenvalue weighted by Crippen LogP contribution is -2.53. The molecular formula is C28H52OSi2. The van der Waals surface area contributed by atoms with E-state index in [-0.39, 0.29) is 5.04 Å². The Kier molecular flexibility index (Phi) is 12.0. The Labute approximate surface area is 197 Å². The quantitative estimate of drug-likeness (QED) is 0.144. The fraction of sp³-hybridized carbons (Fsp3) is 0.714. The Bertz CT molecular complexity index is 616. The van der Waals surface area contributed by atoms with Gasteiger partial charge in [-0.2, -0.15) is 0 Å². The molecule has 0 N–H and O–H groups in total. The number of benzene rings is 1. The van der Waals surface area contributed by atoms with E-state index in [9.17, 15) is 0 Å². The summed E-state index contributed by atoms with van der Waals surface area (Å²) in [5.74, 6) is 0. The molecule has 2 atom stereocenters. The van der Waals surface area contributed by atoms with Crippen molar-refractivity contribution in [1.29, 1.82) is 0 Å². The average molecular weight is 461 g/mol. The molecule has 0 saturated heterocycles. The van der Waals surface area contributed by atoms with Crippen LogP contribution in [0.3, 0.4) is 0 Å². The van der Waals surface area contributed by atoms with Crippen LogP contribution in [-0.4, -0.2) is 22.5 Å². The van der Waals surface area contributed by atoms with Crippen LogP contribution in [0.1, 0.15) is 85.5 Å². The van der Waals surface area contributed by atoms with Crippen molar-refractivity contribution in [3.8, 4) is 0 Å². The first kappa shape index (κ1) is 28.4. The van der Waals surface area contributed by atoms with Crippen LogP contribution in [0.15, 0.2) is 43.0 Å². The van der Waals surface area contributed by atoms with Crippen LogP contribution in [0.4, 0.5) is 0 Å². The zero-order valence-corrected chi connectivity index (χ0v) is 24.1. The van der Waals surface area contributed by atoms with E-state index >= 15 is 0 Å². The van der Waals surface area contributed by atoms with Gasteiger partial charge in [0.05, 0.1) is 8.07 Å². The lowest BCUT2D eigenvalue weighted by molar-refractivity contribution is 0.168. The fourth-order valence-corrected chi connectivity index (χ4v) is 9.02. The highest BCUT2D eigenvalue weighted by atomic mass is 28.4. The van der Waals surface area contributed by atoms with E-state index in [2.05, 4.69) is 96.9 Å². The molecule has 3 heteroatoms. The molecular weight excluding hydrogens is 408 g/mol. The molecule has 178 valence electrons. The summed E-state index contributed by atoms with van der Waals surface area (Å²) in [6.45, 7) is 23.5. The van der Waals surface area contributed by atoms with Gasteiger partial charge in [-0.15, -0.1) is 6.58 Å². The van der Waals surface area contributed by atoms with Gasteiger partial charge >= 0.3 is 0 Å². The van der Waals surface area contributed by atoms with E-state index in [0.29, 0.717) is 11.6 Å². The molecule has 0 heterocycles. The summed E-state index contributed by atoms with van der Waals surface area (Å²) in [6, 6.07) is 11.1. The van der Waals surface area contributed by atoms with Gasteiger partial charge in [-0.1, -0.05) is 134 Å². The van der Waals surface area contributed by atoms with Crippen LogP contribution < -0.4 is 5.19 Å². The van der Waals surface area contributed by atoms with Crippen molar-refractivity contribution in [2.45, 2.75) is 128 Å². The maximum Gasteiger partial charge on any atom is 0.192 e. The van der Waals surface area contributed by atoms with E-state index in [1.165, 1.54) is 63.0 Å². The molecule has 31 heavy (non-hydrogen) atoms. The van der Waals surface area contributed by atoms with Crippen molar-refractivity contribution in [3.63, 3.8) is 0 Å². The molecule has 1 rings (SSSR count). The van der Waals surface area contributed by atoms with Crippen molar-refractivity contribution >= 4 is 21.6 Å². The minimum Gasteiger partial charge on any atom is -0.414 e. The highest BCUT2D eigenvalue weighted by Gasteiger charge is 2.44. The van der Waals surface area contributed by atoms with Gasteiger partial charge in [0.25, 0.3) is 0 Å². The van der Waals surface area contributed by atoms with E-state index in [4.69, 9.17) is 4.43 Å². The topological polar surface area (TPSA) is 9.23 Å². The molecule has 0 saturated carbocycles. The predicted octanol–water partition coefficient (Wildman–Crippen LogP) is 9.08. The van der Waals surface area contributed by atoms with Gasteiger partial charge in [-0.25, -0.2) is 0 Å². The maximum atomic E-state index is 7.13. The van der Waals surface area contributed by atoms with E-state index in [0.717, 1.165) is 0 Å². The van der Waals surface area contributed by atoms with Gasteiger partial charge in [0, 0.05) is 11.6 Å². The summed E-state index contributed by atoms with van der Waals surface area (Å²) < 4.78 is 7.13. The van der Waals surface area contributed by atoms with Gasteiger partial charge in [0.2, 0.25) is 0 Å². The summed E-state index contributed by atoms with van der Waals surface area (Å²) in [5, 5.41) is 1.74. The van der Waals surface area contributed by atoms with Crippen LogP contribution in [0.5, 0.6) is 0 Å². The molecule has 0 amide bonds. The van der Waals surface area contributed by atoms with Crippen LogP contribution in [0.2, 0.25) is 36.8 Å². The lowest BCUT2D eigenvalue weighted by Gasteiger charge is -2.44. The predicted molar refractivity (Wildman–Crippen MR) is 147 cm³/mol. The number of hydrogen-bond acceptors (Lipinski definition) is 1. The molecule has 1 aromatic carbocycles. The third kappa shape index (κ3) is 9.02. The van der Waals surface area contributed by atoms with Crippen LogP contribution in [-0.2, 0) is 4.43 Å². The second-order valence-electron chi connectivity index (χ2n) is 11.5. The highest BCUT2D eigenvalue weighted by Crippen LogP contribution is 2.41. The molecule has 0 unspecified atom stereocenters. The summed E-state index contributed by atoms with van der Waals surface area (Å²) in [7, 11) is -3.58. The monoisotopic (exact) mass is 460 g/mol. The van der Waals surface area contributed by atoms with Crippen molar-refractivity contribution in [2.24, 2.45) is 0 Å². The summed E-state index contributed by atoms with van der Waals surface area (Å²) in [6.07, 6.45) is 14.6. The first-order valence-corrected chi connectivity index (χ1v) is 18.8. The maximum absolute atomic E-state index is 7.13. The van der Waals surface area contributed by atoms with Crippen molar-refractivity contribution in [1.82, 2.24) is 0 Å². The van der Waals surface area contributed by atoms with Gasteiger partial charge in [-0.05, 0) is 24.6 Å². The van der Waals surface area contributed by atoms with Crippen LogP contribution >= 0.6 is 0 Å². The zero-order valence-electron chi connectivity index (χ0n) is 22.1. The molecule has 0 aliphatic carbocycles. The Morgan fingerprint density at radius 3 is 1.87 bits per heavy atom. The van der Waals surface area contributed by atoms with Gasteiger partial charge in [-0.3, -0.25) is 0 Å². The second-order valence-corrected chi connectivity index (χ2v) is 21.0. The lowest BCUT2D eigenvalue weighted by atomic mass is 10.0. The number of rotatable bonds is 15. The summed E-state index contributed by atoms with van der Waals surface area (Å²) in [4.78, 5) is 0. The summed E-state index contributed by atoms with van der Waals surface area (Å²) in [5.41, 5.74) is 0.438. The van der Waals surface area contributed by atoms with E-state index in [1.54, 1.807) is 0 Å². The molecule has 0 fully saturated rings. The van der Waals surface area contributed by atoms with Crippen molar-refractivity contribution < 1.29 is 4.43 Å². The average Bonchev–Trinajstić information content (AvgIpc) is 2.69. The minimum absolute atomic E-state index is 0.231. The molecule has 0 aliphatic heterocycles. The first-order valence-electron chi connectivity index (χ1n) is 12.8. The Morgan fingerprint density at radius 2 is 1.39 bits per heavy atom. The Balaban J connectivity index is 2.91. The third-order valence-electron chi connectivity index (χ3n) is 7.60. The SMILES string of the molecule is C=C[C@@H]([C@@H](CCCCCCCCCC)O[Si](C)(C)C(C)(C)C)[Si](C)(C)c1ccccc1. The van der Waals surface area contributed by atoms with Gasteiger partial charge in [0.15, 0.2) is 8.32 Å². The molecule has 0 radical (unpaired) electrons. The number of unbranched alkanes of at least 4 members (excludes halogenated alkanes) is 7. The first-order chi connectivity index (χ1) is 14.5. The van der Waals surface area contributed by atoms with Crippen LogP contribution in [0.25, 0.3) is 0 Å². The van der Waals surface area contributed by atoms with Gasteiger partial charge in [0.1, 0.15) is 0 Å². The molecule has 1 nitrogen and oxygen atoms in total. The largest absolute Gasteiger partial charge is 0.414 e. The smallest absolute Gasteiger partial charge is 0.192 e. The van der Waals surface area contributed by atoms with E-state index in [1.807, 2.05) is 0 Å². The zero-order chi connectivity index (χ0) is 23.5. The Morgan fingerprint density at radius 1 is 0.871 bits per heavy atom. The van der Waals surface area contributed by atoms with Crippen molar-refractivity contribution in [3.05, 3.63) is 43.0 Å². The molecule has 1 aromatic rings. The molecule has 0 aliphatic rings. The van der Waals surface area contributed by atoms with Crippen LogP contribution in [0, 0.1) is 0 Å². The second kappa shape index (κ2) is 13.2. The van der Waals surface area contributed by atoms with Gasteiger partial charge < -0.3 is 4.43 Å². The number of hydrogen-bond donors (Lipinski definition) is 0. The third-order valence-corrected chi connectivity index (χ3v) is 16.2. The Hall–Kier alpha value is -0.646. The molecule has 0 spiro atoms. The normalized spacial score (nSPS) is 15.0. The fourth-order valence-electron chi connectivity index (χ4n) is 4.32. The standard InChI is InChI=1S/C28H52OSi2/c1-10-12-13-14-15-16-17-21-24-26(29-31(8,9)28(3,4)5)27(11-2)30(6,7)25-22-19-18-20-23-25/h11,18-20,22-23,26-27H,2,10,12-17,21,24H2,1,3-9H3/t26-,27+/m1/s1. The van der Waals surface area contributed by atoms with E-state index < -0.39 is 16.4 Å². The minimum atomic E-state index is -1.84. The summed E-state index contributed by atoms with van der Waals surface area (Å²) >= 11 is 0. The highest BCUT2D eigenvalue weighted by molar-refractivity contribution is 6.91. The molecule has 0 bridgehead atoms.